The molecule has 0 radical (unpaired) electrons. The maximum atomic E-state index is 5.31. The highest BCUT2D eigenvalue weighted by Gasteiger charge is 2.23. The molecule has 2 rings (SSSR count). The molecule has 1 heterocycles. The van der Waals surface area contributed by atoms with E-state index in [1.165, 1.54) is 19.3 Å². The highest BCUT2D eigenvalue weighted by molar-refractivity contribution is 7.99. The van der Waals surface area contributed by atoms with E-state index < -0.39 is 0 Å². The summed E-state index contributed by atoms with van der Waals surface area (Å²) in [5.74, 6) is 0.883. The van der Waals surface area contributed by atoms with Crippen LogP contribution < -0.4 is 0 Å². The van der Waals surface area contributed by atoms with Gasteiger partial charge in [0.25, 0.3) is 5.22 Å². The van der Waals surface area contributed by atoms with Gasteiger partial charge in [0.2, 0.25) is 0 Å². The lowest BCUT2D eigenvalue weighted by molar-refractivity contribution is 0.452. The Morgan fingerprint density at radius 3 is 2.92 bits per heavy atom. The van der Waals surface area contributed by atoms with Crippen molar-refractivity contribution in [2.24, 2.45) is 5.92 Å². The zero-order valence-corrected chi connectivity index (χ0v) is 8.93. The number of oxazole rings is 1. The number of rotatable bonds is 2. The monoisotopic (exact) mass is 197 g/mol. The Morgan fingerprint density at radius 1 is 1.54 bits per heavy atom. The van der Waals surface area contributed by atoms with Crippen LogP contribution in [0.1, 0.15) is 31.9 Å². The maximum Gasteiger partial charge on any atom is 0.256 e. The van der Waals surface area contributed by atoms with Gasteiger partial charge in [0, 0.05) is 5.25 Å². The lowest BCUT2D eigenvalue weighted by Gasteiger charge is -2.04. The fourth-order valence-electron chi connectivity index (χ4n) is 1.79. The van der Waals surface area contributed by atoms with Gasteiger partial charge >= 0.3 is 0 Å². The van der Waals surface area contributed by atoms with Crippen LogP contribution in [-0.4, -0.2) is 10.2 Å². The molecule has 2 unspecified atom stereocenters. The summed E-state index contributed by atoms with van der Waals surface area (Å²) in [6.07, 6.45) is 5.71. The van der Waals surface area contributed by atoms with Crippen LogP contribution in [0.3, 0.4) is 0 Å². The first kappa shape index (κ1) is 9.13. The first-order valence-electron chi connectivity index (χ1n) is 4.83. The lowest BCUT2D eigenvalue weighted by atomic mass is 10.1. The summed E-state index contributed by atoms with van der Waals surface area (Å²) in [4.78, 5) is 4.30. The molecule has 0 N–H and O–H groups in total. The summed E-state index contributed by atoms with van der Waals surface area (Å²) in [5, 5.41) is 1.57. The summed E-state index contributed by atoms with van der Waals surface area (Å²) < 4.78 is 5.31. The second kappa shape index (κ2) is 3.74. The van der Waals surface area contributed by atoms with Crippen molar-refractivity contribution in [2.75, 3.05) is 0 Å². The van der Waals surface area contributed by atoms with Crippen molar-refractivity contribution in [3.05, 3.63) is 12.0 Å². The molecule has 0 aliphatic heterocycles. The molecule has 1 saturated carbocycles. The van der Waals surface area contributed by atoms with Gasteiger partial charge < -0.3 is 4.42 Å². The quantitative estimate of drug-likeness (QED) is 0.727. The van der Waals surface area contributed by atoms with Gasteiger partial charge in [-0.1, -0.05) is 18.7 Å². The molecule has 2 nitrogen and oxygen atoms in total. The highest BCUT2D eigenvalue weighted by Crippen LogP contribution is 2.37. The number of hydrogen-bond acceptors (Lipinski definition) is 3. The van der Waals surface area contributed by atoms with Crippen molar-refractivity contribution in [1.29, 1.82) is 0 Å². The molecule has 1 aromatic heterocycles. The van der Waals surface area contributed by atoms with Gasteiger partial charge in [0.1, 0.15) is 6.26 Å². The molecule has 72 valence electrons. The van der Waals surface area contributed by atoms with Gasteiger partial charge in [0.15, 0.2) is 0 Å². The molecule has 3 heteroatoms. The summed E-state index contributed by atoms with van der Waals surface area (Å²) in [7, 11) is 0. The van der Waals surface area contributed by atoms with Crippen molar-refractivity contribution >= 4 is 11.8 Å². The van der Waals surface area contributed by atoms with Crippen LogP contribution in [0.2, 0.25) is 0 Å². The fourth-order valence-corrected chi connectivity index (χ4v) is 3.06. The Bertz CT molecular complexity index is 284. The molecule has 1 aliphatic carbocycles. The normalized spacial score (nSPS) is 28.2. The molecule has 1 fully saturated rings. The third-order valence-electron chi connectivity index (χ3n) is 2.51. The second-order valence-electron chi connectivity index (χ2n) is 3.91. The fraction of sp³-hybridized carbons (Fsp3) is 0.700. The van der Waals surface area contributed by atoms with Gasteiger partial charge in [-0.05, 0) is 32.1 Å². The molecule has 0 bridgehead atoms. The van der Waals surface area contributed by atoms with Gasteiger partial charge in [-0.15, -0.1) is 0 Å². The minimum Gasteiger partial charge on any atom is -0.440 e. The highest BCUT2D eigenvalue weighted by atomic mass is 32.2. The van der Waals surface area contributed by atoms with Crippen molar-refractivity contribution in [3.63, 3.8) is 0 Å². The number of aryl methyl sites for hydroxylation is 1. The van der Waals surface area contributed by atoms with Gasteiger partial charge in [-0.3, -0.25) is 0 Å². The van der Waals surface area contributed by atoms with E-state index in [2.05, 4.69) is 11.9 Å². The van der Waals surface area contributed by atoms with Crippen molar-refractivity contribution in [1.82, 2.24) is 4.98 Å². The van der Waals surface area contributed by atoms with E-state index in [-0.39, 0.29) is 0 Å². The van der Waals surface area contributed by atoms with E-state index in [4.69, 9.17) is 4.42 Å². The Kier molecular flexibility index (Phi) is 2.63. The molecule has 2 atom stereocenters. The van der Waals surface area contributed by atoms with Gasteiger partial charge in [-0.2, -0.15) is 0 Å². The Morgan fingerprint density at radius 2 is 2.38 bits per heavy atom. The lowest BCUT2D eigenvalue weighted by Crippen LogP contribution is -1.95. The molecule has 13 heavy (non-hydrogen) atoms. The number of nitrogens with zero attached hydrogens (tertiary/aromatic N) is 1. The zero-order chi connectivity index (χ0) is 9.26. The predicted molar refractivity (Wildman–Crippen MR) is 53.9 cm³/mol. The van der Waals surface area contributed by atoms with Crippen molar-refractivity contribution in [2.45, 2.75) is 43.6 Å². The van der Waals surface area contributed by atoms with Gasteiger partial charge in [0.05, 0.1) is 5.69 Å². The van der Waals surface area contributed by atoms with Crippen LogP contribution in [0.15, 0.2) is 15.9 Å². The summed E-state index contributed by atoms with van der Waals surface area (Å²) in [6.45, 7) is 4.28. The Hall–Kier alpha value is -0.440. The van der Waals surface area contributed by atoms with E-state index in [0.717, 1.165) is 22.1 Å². The van der Waals surface area contributed by atoms with Crippen LogP contribution in [0.4, 0.5) is 0 Å². The van der Waals surface area contributed by atoms with Crippen molar-refractivity contribution in [3.8, 4) is 0 Å². The van der Waals surface area contributed by atoms with E-state index in [1.54, 1.807) is 18.0 Å². The Balaban J connectivity index is 1.91. The molecule has 0 saturated heterocycles. The molecule has 0 amide bonds. The third kappa shape index (κ3) is 2.27. The Labute approximate surface area is 83.1 Å². The smallest absolute Gasteiger partial charge is 0.256 e. The molecule has 0 aromatic carbocycles. The predicted octanol–water partition coefficient (Wildman–Crippen LogP) is 3.26. The SMILES string of the molecule is Cc1coc(SC2CCC(C)C2)n1. The van der Waals surface area contributed by atoms with Crippen LogP contribution in [0.25, 0.3) is 0 Å². The minimum absolute atomic E-state index is 0.730. The maximum absolute atomic E-state index is 5.31. The topological polar surface area (TPSA) is 26.0 Å². The van der Waals surface area contributed by atoms with E-state index in [0.29, 0.717) is 0 Å². The number of hydrogen-bond donors (Lipinski definition) is 0. The average molecular weight is 197 g/mol. The summed E-state index contributed by atoms with van der Waals surface area (Å²) in [6, 6.07) is 0. The van der Waals surface area contributed by atoms with Crippen LogP contribution in [0.5, 0.6) is 0 Å². The van der Waals surface area contributed by atoms with E-state index >= 15 is 0 Å². The largest absolute Gasteiger partial charge is 0.440 e. The summed E-state index contributed by atoms with van der Waals surface area (Å²) in [5.41, 5.74) is 0.980. The first-order valence-corrected chi connectivity index (χ1v) is 5.71. The second-order valence-corrected chi connectivity index (χ2v) is 5.16. The molecular formula is C10H15NOS. The van der Waals surface area contributed by atoms with Crippen LogP contribution in [-0.2, 0) is 0 Å². The first-order chi connectivity index (χ1) is 6.24. The van der Waals surface area contributed by atoms with Crippen LogP contribution in [0, 0.1) is 12.8 Å². The molecule has 1 aliphatic rings. The number of aromatic nitrogens is 1. The zero-order valence-electron chi connectivity index (χ0n) is 8.12. The molecule has 1 aromatic rings. The molecular weight excluding hydrogens is 182 g/mol. The minimum atomic E-state index is 0.730. The number of thioether (sulfide) groups is 1. The van der Waals surface area contributed by atoms with Gasteiger partial charge in [-0.25, -0.2) is 4.98 Å². The van der Waals surface area contributed by atoms with E-state index in [9.17, 15) is 0 Å². The van der Waals surface area contributed by atoms with Crippen molar-refractivity contribution < 1.29 is 4.42 Å². The molecule has 0 spiro atoms. The third-order valence-corrected chi connectivity index (χ3v) is 3.66. The van der Waals surface area contributed by atoms with Crippen LogP contribution >= 0.6 is 11.8 Å². The summed E-state index contributed by atoms with van der Waals surface area (Å²) >= 11 is 1.80. The average Bonchev–Trinajstić information content (AvgIpc) is 2.62. The van der Waals surface area contributed by atoms with E-state index in [1.807, 2.05) is 6.92 Å². The standard InChI is InChI=1S/C10H15NOS/c1-7-3-4-9(5-7)13-10-11-8(2)6-12-10/h6-7,9H,3-5H2,1-2H3.